The fourth-order valence-corrected chi connectivity index (χ4v) is 3.72. The Hall–Kier alpha value is -3.03. The molecule has 1 N–H and O–H groups in total. The highest BCUT2D eigenvalue weighted by atomic mass is 16.4. The summed E-state index contributed by atoms with van der Waals surface area (Å²) in [7, 11) is 0. The Labute approximate surface area is 155 Å². The lowest BCUT2D eigenvalue weighted by atomic mass is 9.92. The van der Waals surface area contributed by atoms with Crippen LogP contribution in [0.25, 0.3) is 22.3 Å². The molecule has 0 fully saturated rings. The van der Waals surface area contributed by atoms with Crippen LogP contribution >= 0.6 is 0 Å². The zero-order valence-corrected chi connectivity index (χ0v) is 15.3. The second-order valence-corrected chi connectivity index (χ2v) is 7.02. The van der Waals surface area contributed by atoms with Crippen molar-refractivity contribution >= 4 is 16.9 Å². The van der Waals surface area contributed by atoms with Crippen molar-refractivity contribution in [2.75, 3.05) is 0 Å². The maximum absolute atomic E-state index is 12.6. The van der Waals surface area contributed by atoms with Gasteiger partial charge < -0.3 is 9.67 Å². The minimum absolute atomic E-state index is 0.113. The van der Waals surface area contributed by atoms with E-state index in [2.05, 4.69) is 22.3 Å². The summed E-state index contributed by atoms with van der Waals surface area (Å²) in [5, 5.41) is 22.6. The van der Waals surface area contributed by atoms with Crippen molar-refractivity contribution in [1.29, 1.82) is 0 Å². The van der Waals surface area contributed by atoms with Gasteiger partial charge in [0.2, 0.25) is 11.3 Å². The number of unbranched alkanes of at least 4 members (excludes halogenated alkanes) is 1. The third-order valence-electron chi connectivity index (χ3n) is 5.22. The number of carboxylic acid groups (broad SMARTS) is 1. The molecule has 3 heterocycles. The number of pyridine rings is 1. The number of benzene rings is 1. The highest BCUT2D eigenvalue weighted by molar-refractivity contribution is 5.95. The second kappa shape index (κ2) is 6.61. The summed E-state index contributed by atoms with van der Waals surface area (Å²) in [5.41, 5.74) is 1.98. The summed E-state index contributed by atoms with van der Waals surface area (Å²) < 4.78 is 1.91. The first-order valence-electron chi connectivity index (χ1n) is 9.23. The molecule has 0 amide bonds. The number of rotatable bonds is 5. The van der Waals surface area contributed by atoms with E-state index in [-0.39, 0.29) is 11.6 Å². The van der Waals surface area contributed by atoms with Crippen LogP contribution < -0.4 is 5.43 Å². The van der Waals surface area contributed by atoms with Gasteiger partial charge >= 0.3 is 5.97 Å². The van der Waals surface area contributed by atoms with Gasteiger partial charge in [-0.1, -0.05) is 13.3 Å². The maximum Gasteiger partial charge on any atom is 0.341 e. The standard InChI is InChI=1S/C19H21N5O3/c1-3-4-9-24-21-18(20-22-24)13-7-8-14-16-12(13)6-5-11(2)23(16)10-15(17(14)25)19(26)27/h7-8,10-11H,3-6,9H2,1-2H3,(H,26,27). The van der Waals surface area contributed by atoms with Gasteiger partial charge in [-0.15, -0.1) is 10.2 Å². The largest absolute Gasteiger partial charge is 0.477 e. The molecule has 1 aliphatic heterocycles. The van der Waals surface area contributed by atoms with Gasteiger partial charge in [-0.3, -0.25) is 4.79 Å². The summed E-state index contributed by atoms with van der Waals surface area (Å²) in [6, 6.07) is 3.61. The summed E-state index contributed by atoms with van der Waals surface area (Å²) in [5.74, 6) is -0.659. The Kier molecular flexibility index (Phi) is 4.25. The van der Waals surface area contributed by atoms with E-state index < -0.39 is 11.4 Å². The Balaban J connectivity index is 1.93. The highest BCUT2D eigenvalue weighted by Crippen LogP contribution is 2.35. The molecule has 3 aromatic rings. The fourth-order valence-electron chi connectivity index (χ4n) is 3.72. The number of carboxylic acids is 1. The van der Waals surface area contributed by atoms with Crippen LogP contribution in [0.4, 0.5) is 0 Å². The number of aromatic carboxylic acids is 1. The monoisotopic (exact) mass is 367 g/mol. The van der Waals surface area contributed by atoms with Gasteiger partial charge in [-0.2, -0.15) is 4.80 Å². The Bertz CT molecular complexity index is 1100. The number of aryl methyl sites for hydroxylation is 2. The van der Waals surface area contributed by atoms with Crippen molar-refractivity contribution in [3.05, 3.63) is 39.7 Å². The number of tetrazole rings is 1. The van der Waals surface area contributed by atoms with Crippen molar-refractivity contribution in [2.24, 2.45) is 0 Å². The van der Waals surface area contributed by atoms with E-state index in [4.69, 9.17) is 0 Å². The second-order valence-electron chi connectivity index (χ2n) is 7.02. The number of nitrogens with zero attached hydrogens (tertiary/aromatic N) is 5. The van der Waals surface area contributed by atoms with Crippen LogP contribution in [0.3, 0.4) is 0 Å². The lowest BCUT2D eigenvalue weighted by Gasteiger charge is -2.27. The lowest BCUT2D eigenvalue weighted by Crippen LogP contribution is -2.24. The van der Waals surface area contributed by atoms with E-state index >= 15 is 0 Å². The van der Waals surface area contributed by atoms with Gasteiger partial charge in [-0.25, -0.2) is 4.79 Å². The van der Waals surface area contributed by atoms with Gasteiger partial charge in [0.25, 0.3) is 0 Å². The number of aromatic nitrogens is 5. The predicted molar refractivity (Wildman–Crippen MR) is 99.9 cm³/mol. The zero-order chi connectivity index (χ0) is 19.1. The van der Waals surface area contributed by atoms with Crippen molar-refractivity contribution in [3.8, 4) is 11.4 Å². The van der Waals surface area contributed by atoms with Crippen LogP contribution in [0.2, 0.25) is 0 Å². The molecule has 27 heavy (non-hydrogen) atoms. The molecule has 1 atom stereocenters. The molecule has 1 aliphatic rings. The van der Waals surface area contributed by atoms with E-state index in [9.17, 15) is 14.7 Å². The van der Waals surface area contributed by atoms with Gasteiger partial charge in [0.15, 0.2) is 0 Å². The quantitative estimate of drug-likeness (QED) is 0.744. The first kappa shape index (κ1) is 17.4. The highest BCUT2D eigenvalue weighted by Gasteiger charge is 2.25. The predicted octanol–water partition coefficient (Wildman–Crippen LogP) is 2.66. The molecule has 4 rings (SSSR count). The van der Waals surface area contributed by atoms with Crippen molar-refractivity contribution in [2.45, 2.75) is 52.1 Å². The molecule has 1 aromatic carbocycles. The minimum Gasteiger partial charge on any atom is -0.477 e. The summed E-state index contributed by atoms with van der Waals surface area (Å²) in [4.78, 5) is 25.7. The lowest BCUT2D eigenvalue weighted by molar-refractivity contribution is 0.0694. The summed E-state index contributed by atoms with van der Waals surface area (Å²) >= 11 is 0. The fraction of sp³-hybridized carbons (Fsp3) is 0.421. The van der Waals surface area contributed by atoms with E-state index in [1.807, 2.05) is 17.6 Å². The van der Waals surface area contributed by atoms with Crippen molar-refractivity contribution in [3.63, 3.8) is 0 Å². The molecular formula is C19H21N5O3. The summed E-state index contributed by atoms with van der Waals surface area (Å²) in [6.07, 6.45) is 5.13. The van der Waals surface area contributed by atoms with Gasteiger partial charge in [-0.05, 0) is 49.1 Å². The van der Waals surface area contributed by atoms with E-state index in [0.29, 0.717) is 11.2 Å². The third-order valence-corrected chi connectivity index (χ3v) is 5.22. The first-order valence-corrected chi connectivity index (χ1v) is 9.23. The molecule has 8 nitrogen and oxygen atoms in total. The van der Waals surface area contributed by atoms with Crippen LogP contribution in [-0.2, 0) is 13.0 Å². The van der Waals surface area contributed by atoms with E-state index in [0.717, 1.165) is 48.9 Å². The van der Waals surface area contributed by atoms with Gasteiger partial charge in [0.1, 0.15) is 5.56 Å². The average molecular weight is 367 g/mol. The summed E-state index contributed by atoms with van der Waals surface area (Å²) in [6.45, 7) is 4.86. The van der Waals surface area contributed by atoms with Gasteiger partial charge in [0, 0.05) is 23.2 Å². The molecule has 0 bridgehead atoms. The number of hydrogen-bond acceptors (Lipinski definition) is 5. The molecule has 0 aliphatic carbocycles. The smallest absolute Gasteiger partial charge is 0.341 e. The Morgan fingerprint density at radius 2 is 2.19 bits per heavy atom. The topological polar surface area (TPSA) is 103 Å². The zero-order valence-electron chi connectivity index (χ0n) is 15.3. The van der Waals surface area contributed by atoms with Crippen LogP contribution in [0, 0.1) is 0 Å². The maximum atomic E-state index is 12.6. The molecule has 0 radical (unpaired) electrons. The number of carbonyl (C=O) groups is 1. The van der Waals surface area contributed by atoms with E-state index in [1.54, 1.807) is 10.9 Å². The van der Waals surface area contributed by atoms with Crippen LogP contribution in [0.5, 0.6) is 0 Å². The molecule has 0 saturated carbocycles. The van der Waals surface area contributed by atoms with Crippen LogP contribution in [-0.4, -0.2) is 35.9 Å². The van der Waals surface area contributed by atoms with Crippen molar-refractivity contribution < 1.29 is 9.90 Å². The SMILES string of the molecule is CCCCn1nnc(-c2ccc3c(=O)c(C(=O)O)cn4c3c2CCC4C)n1. The Morgan fingerprint density at radius 1 is 1.37 bits per heavy atom. The molecule has 140 valence electrons. The van der Waals surface area contributed by atoms with E-state index in [1.165, 1.54) is 6.20 Å². The van der Waals surface area contributed by atoms with Crippen molar-refractivity contribution in [1.82, 2.24) is 24.8 Å². The normalized spacial score (nSPS) is 16.0. The van der Waals surface area contributed by atoms with Gasteiger partial charge in [0.05, 0.1) is 12.1 Å². The minimum atomic E-state index is -1.20. The van der Waals surface area contributed by atoms with Crippen LogP contribution in [0.1, 0.15) is 55.1 Å². The molecular weight excluding hydrogens is 346 g/mol. The molecule has 0 spiro atoms. The van der Waals surface area contributed by atoms with Crippen LogP contribution in [0.15, 0.2) is 23.1 Å². The molecule has 1 unspecified atom stereocenters. The number of hydrogen-bond donors (Lipinski definition) is 1. The molecule has 2 aromatic heterocycles. The Morgan fingerprint density at radius 3 is 2.93 bits per heavy atom. The molecule has 8 heteroatoms. The first-order chi connectivity index (χ1) is 13.0. The average Bonchev–Trinajstić information content (AvgIpc) is 3.12. The third kappa shape index (κ3) is 2.81. The molecule has 0 saturated heterocycles.